The number of hydrogen-bond donors (Lipinski definition) is 2. The van der Waals surface area contributed by atoms with E-state index in [0.717, 1.165) is 16.6 Å². The first kappa shape index (κ1) is 17.0. The topological polar surface area (TPSA) is 66.9 Å². The summed E-state index contributed by atoms with van der Waals surface area (Å²) in [6.45, 7) is 8.58. The van der Waals surface area contributed by atoms with Crippen molar-refractivity contribution in [3.8, 4) is 0 Å². The molecule has 1 amide bonds. The largest absolute Gasteiger partial charge is 0.346 e. The van der Waals surface area contributed by atoms with Gasteiger partial charge in [0.2, 0.25) is 0 Å². The molecule has 0 fully saturated rings. The summed E-state index contributed by atoms with van der Waals surface area (Å²) in [4.78, 5) is 27.4. The number of aromatic nitrogens is 2. The number of benzene rings is 2. The molecule has 2 aromatic carbocycles. The SMILES string of the molecule is CCn1c(=O)[nH]c2ccc(C(=O)NC(C)c3cccc(C)c3C)cc21. The fourth-order valence-corrected chi connectivity index (χ4v) is 3.21. The van der Waals surface area contributed by atoms with E-state index in [9.17, 15) is 9.59 Å². The molecule has 0 aliphatic carbocycles. The number of imidazole rings is 1. The predicted molar refractivity (Wildman–Crippen MR) is 100 cm³/mol. The minimum absolute atomic E-state index is 0.0947. The molecule has 1 unspecified atom stereocenters. The molecule has 1 atom stereocenters. The summed E-state index contributed by atoms with van der Waals surface area (Å²) in [5.74, 6) is -0.147. The number of H-pyrrole nitrogens is 1. The molecule has 130 valence electrons. The number of carbonyl (C=O) groups excluding carboxylic acids is 1. The van der Waals surface area contributed by atoms with E-state index in [1.54, 1.807) is 22.8 Å². The van der Waals surface area contributed by atoms with E-state index in [4.69, 9.17) is 0 Å². The van der Waals surface area contributed by atoms with Crippen LogP contribution < -0.4 is 11.0 Å². The molecule has 0 bridgehead atoms. The van der Waals surface area contributed by atoms with Gasteiger partial charge in [0, 0.05) is 12.1 Å². The van der Waals surface area contributed by atoms with Crippen LogP contribution in [0.2, 0.25) is 0 Å². The van der Waals surface area contributed by atoms with Crippen LogP contribution in [0.3, 0.4) is 0 Å². The van der Waals surface area contributed by atoms with Crippen molar-refractivity contribution in [2.45, 2.75) is 40.3 Å². The lowest BCUT2D eigenvalue weighted by Crippen LogP contribution is -2.27. The second kappa shape index (κ2) is 6.59. The van der Waals surface area contributed by atoms with Gasteiger partial charge in [0.1, 0.15) is 0 Å². The van der Waals surface area contributed by atoms with Crippen molar-refractivity contribution in [2.75, 3.05) is 0 Å². The predicted octanol–water partition coefficient (Wildman–Crippen LogP) is 3.46. The van der Waals surface area contributed by atoms with Gasteiger partial charge >= 0.3 is 5.69 Å². The van der Waals surface area contributed by atoms with Crippen LogP contribution in [0.4, 0.5) is 0 Å². The minimum atomic E-state index is -0.154. The molecule has 25 heavy (non-hydrogen) atoms. The Morgan fingerprint density at radius 3 is 2.72 bits per heavy atom. The maximum Gasteiger partial charge on any atom is 0.326 e. The van der Waals surface area contributed by atoms with Crippen LogP contribution >= 0.6 is 0 Å². The highest BCUT2D eigenvalue weighted by atomic mass is 16.2. The van der Waals surface area contributed by atoms with Gasteiger partial charge in [0.25, 0.3) is 5.91 Å². The minimum Gasteiger partial charge on any atom is -0.346 e. The van der Waals surface area contributed by atoms with Crippen molar-refractivity contribution < 1.29 is 4.79 Å². The van der Waals surface area contributed by atoms with E-state index >= 15 is 0 Å². The lowest BCUT2D eigenvalue weighted by molar-refractivity contribution is 0.0940. The molecule has 5 nitrogen and oxygen atoms in total. The van der Waals surface area contributed by atoms with Gasteiger partial charge in [-0.2, -0.15) is 0 Å². The average molecular weight is 337 g/mol. The summed E-state index contributed by atoms with van der Waals surface area (Å²) in [5.41, 5.74) is 5.40. The van der Waals surface area contributed by atoms with Crippen molar-refractivity contribution in [3.05, 3.63) is 69.1 Å². The maximum absolute atomic E-state index is 12.7. The number of aryl methyl sites for hydroxylation is 2. The first-order valence-electron chi connectivity index (χ1n) is 8.52. The molecule has 0 spiro atoms. The van der Waals surface area contributed by atoms with Crippen molar-refractivity contribution in [2.24, 2.45) is 0 Å². The lowest BCUT2D eigenvalue weighted by atomic mass is 9.98. The average Bonchev–Trinajstić information content (AvgIpc) is 2.91. The Balaban J connectivity index is 1.89. The Morgan fingerprint density at radius 2 is 2.00 bits per heavy atom. The third-order valence-electron chi connectivity index (χ3n) is 4.81. The molecule has 2 N–H and O–H groups in total. The summed E-state index contributed by atoms with van der Waals surface area (Å²) in [7, 11) is 0. The standard InChI is InChI=1S/C20H23N3O2/c1-5-23-18-11-15(9-10-17(18)22-20(23)25)19(24)21-14(4)16-8-6-7-12(2)13(16)3/h6-11,14H,5H2,1-4H3,(H,21,24)(H,22,25). The van der Waals surface area contributed by atoms with Crippen LogP contribution in [0.15, 0.2) is 41.2 Å². The van der Waals surface area contributed by atoms with E-state index in [2.05, 4.69) is 30.2 Å². The molecule has 0 saturated heterocycles. The van der Waals surface area contributed by atoms with E-state index < -0.39 is 0 Å². The summed E-state index contributed by atoms with van der Waals surface area (Å²) in [6, 6.07) is 11.3. The van der Waals surface area contributed by atoms with E-state index in [1.807, 2.05) is 26.0 Å². The third-order valence-corrected chi connectivity index (χ3v) is 4.81. The van der Waals surface area contributed by atoms with Gasteiger partial charge in [-0.25, -0.2) is 4.79 Å². The highest BCUT2D eigenvalue weighted by Gasteiger charge is 2.15. The van der Waals surface area contributed by atoms with Crippen LogP contribution in [0, 0.1) is 13.8 Å². The number of aromatic amines is 1. The zero-order valence-electron chi connectivity index (χ0n) is 15.0. The first-order chi connectivity index (χ1) is 11.9. The molecule has 0 saturated carbocycles. The Bertz CT molecular complexity index is 998. The molecule has 0 aliphatic heterocycles. The Kier molecular flexibility index (Phi) is 4.49. The molecular formula is C20H23N3O2. The number of rotatable bonds is 4. The molecule has 1 heterocycles. The molecule has 0 aliphatic rings. The summed E-state index contributed by atoms with van der Waals surface area (Å²) in [6.07, 6.45) is 0. The number of carbonyl (C=O) groups is 1. The normalized spacial score (nSPS) is 12.3. The molecule has 0 radical (unpaired) electrons. The smallest absolute Gasteiger partial charge is 0.326 e. The highest BCUT2D eigenvalue weighted by Crippen LogP contribution is 2.21. The van der Waals surface area contributed by atoms with Gasteiger partial charge in [0.15, 0.2) is 0 Å². The van der Waals surface area contributed by atoms with E-state index in [1.165, 1.54) is 11.1 Å². The van der Waals surface area contributed by atoms with Crippen LogP contribution in [0.25, 0.3) is 11.0 Å². The third kappa shape index (κ3) is 3.09. The van der Waals surface area contributed by atoms with Crippen LogP contribution in [-0.4, -0.2) is 15.5 Å². The van der Waals surface area contributed by atoms with Crippen molar-refractivity contribution in [1.82, 2.24) is 14.9 Å². The Hall–Kier alpha value is -2.82. The first-order valence-corrected chi connectivity index (χ1v) is 8.52. The summed E-state index contributed by atoms with van der Waals surface area (Å²) < 4.78 is 1.63. The summed E-state index contributed by atoms with van der Waals surface area (Å²) >= 11 is 0. The lowest BCUT2D eigenvalue weighted by Gasteiger charge is -2.18. The number of fused-ring (bicyclic) bond motifs is 1. The number of amides is 1. The highest BCUT2D eigenvalue weighted by molar-refractivity contribution is 5.97. The fourth-order valence-electron chi connectivity index (χ4n) is 3.21. The van der Waals surface area contributed by atoms with Gasteiger partial charge in [-0.1, -0.05) is 18.2 Å². The number of nitrogens with one attached hydrogen (secondary N) is 2. The zero-order valence-corrected chi connectivity index (χ0v) is 15.0. The Morgan fingerprint density at radius 1 is 1.24 bits per heavy atom. The summed E-state index contributed by atoms with van der Waals surface area (Å²) in [5, 5.41) is 3.05. The van der Waals surface area contributed by atoms with Crippen LogP contribution in [0.5, 0.6) is 0 Å². The maximum atomic E-state index is 12.7. The van der Waals surface area contributed by atoms with E-state index in [0.29, 0.717) is 12.1 Å². The number of hydrogen-bond acceptors (Lipinski definition) is 2. The van der Waals surface area contributed by atoms with Gasteiger partial charge < -0.3 is 10.3 Å². The van der Waals surface area contributed by atoms with E-state index in [-0.39, 0.29) is 17.6 Å². The molecular weight excluding hydrogens is 314 g/mol. The van der Waals surface area contributed by atoms with Crippen molar-refractivity contribution in [3.63, 3.8) is 0 Å². The van der Waals surface area contributed by atoms with Crippen LogP contribution in [0.1, 0.15) is 46.9 Å². The van der Waals surface area contributed by atoms with Gasteiger partial charge in [-0.15, -0.1) is 0 Å². The second-order valence-electron chi connectivity index (χ2n) is 6.39. The van der Waals surface area contributed by atoms with Crippen molar-refractivity contribution >= 4 is 16.9 Å². The van der Waals surface area contributed by atoms with Gasteiger partial charge in [0.05, 0.1) is 17.1 Å². The molecule has 1 aromatic heterocycles. The zero-order chi connectivity index (χ0) is 18.1. The number of nitrogens with zero attached hydrogens (tertiary/aromatic N) is 1. The molecule has 3 rings (SSSR count). The van der Waals surface area contributed by atoms with Crippen LogP contribution in [-0.2, 0) is 6.54 Å². The molecule has 5 heteroatoms. The molecule has 3 aromatic rings. The van der Waals surface area contributed by atoms with Gasteiger partial charge in [-0.05, 0) is 62.6 Å². The van der Waals surface area contributed by atoms with Gasteiger partial charge in [-0.3, -0.25) is 9.36 Å². The Labute approximate surface area is 146 Å². The second-order valence-corrected chi connectivity index (χ2v) is 6.39. The fraction of sp³-hybridized carbons (Fsp3) is 0.300. The monoisotopic (exact) mass is 337 g/mol. The van der Waals surface area contributed by atoms with Crippen molar-refractivity contribution in [1.29, 1.82) is 0 Å². The quantitative estimate of drug-likeness (QED) is 0.765.